The Bertz CT molecular complexity index is 1120. The Kier molecular flexibility index (Phi) is 5.00. The van der Waals surface area contributed by atoms with Crippen LogP contribution in [0.3, 0.4) is 0 Å². The minimum atomic E-state index is -0.134. The van der Waals surface area contributed by atoms with Gasteiger partial charge in [0.05, 0.1) is 37.0 Å². The Balaban J connectivity index is 1.58. The molecule has 0 bridgehead atoms. The quantitative estimate of drug-likeness (QED) is 0.726. The maximum absolute atomic E-state index is 12.9. The van der Waals surface area contributed by atoms with Crippen molar-refractivity contribution in [1.29, 1.82) is 0 Å². The fourth-order valence-corrected chi connectivity index (χ4v) is 4.07. The average molecular weight is 395 g/mol. The largest absolute Gasteiger partial charge is 0.497 e. The molecule has 8 heteroatoms. The van der Waals surface area contributed by atoms with Crippen LogP contribution in [0.1, 0.15) is 24.4 Å². The first-order chi connectivity index (χ1) is 14.0. The number of fused-ring (bicyclic) bond motifs is 1. The second-order valence-corrected chi connectivity index (χ2v) is 7.49. The lowest BCUT2D eigenvalue weighted by atomic mass is 10.0. The van der Waals surface area contributed by atoms with Crippen molar-refractivity contribution in [3.63, 3.8) is 0 Å². The van der Waals surface area contributed by atoms with Gasteiger partial charge >= 0.3 is 5.69 Å². The van der Waals surface area contributed by atoms with Gasteiger partial charge in [-0.3, -0.25) is 13.9 Å². The number of methoxy groups -OCH3 is 1. The maximum atomic E-state index is 12.9. The molecule has 1 amide bonds. The van der Waals surface area contributed by atoms with Crippen LogP contribution in [0.25, 0.3) is 11.2 Å². The molecule has 8 nitrogen and oxygen atoms in total. The highest BCUT2D eigenvalue weighted by Crippen LogP contribution is 2.25. The summed E-state index contributed by atoms with van der Waals surface area (Å²) in [5.74, 6) is 0.785. The van der Waals surface area contributed by atoms with Crippen LogP contribution >= 0.6 is 0 Å². The molecule has 1 fully saturated rings. The number of hydrogen-bond acceptors (Lipinski definition) is 5. The smallest absolute Gasteiger partial charge is 0.330 e. The van der Waals surface area contributed by atoms with Gasteiger partial charge in [0, 0.05) is 20.1 Å². The third-order valence-corrected chi connectivity index (χ3v) is 5.54. The zero-order valence-electron chi connectivity index (χ0n) is 16.7. The Labute approximate surface area is 168 Å². The van der Waals surface area contributed by atoms with Crippen LogP contribution in [0, 0.1) is 0 Å². The Morgan fingerprint density at radius 3 is 2.97 bits per heavy atom. The van der Waals surface area contributed by atoms with E-state index in [0.717, 1.165) is 24.2 Å². The second-order valence-electron chi connectivity index (χ2n) is 7.49. The molecule has 2 N–H and O–H groups in total. The van der Waals surface area contributed by atoms with Crippen LogP contribution < -0.4 is 16.2 Å². The zero-order valence-corrected chi connectivity index (χ0v) is 16.7. The molecule has 0 unspecified atom stereocenters. The lowest BCUT2D eigenvalue weighted by molar-refractivity contribution is -0.132. The minimum absolute atomic E-state index is 0.0499. The monoisotopic (exact) mass is 395 g/mol. The van der Waals surface area contributed by atoms with Gasteiger partial charge in [0.25, 0.3) is 0 Å². The number of nitrogen functional groups attached to an aromatic ring is 1. The molecule has 0 saturated carbocycles. The number of nitrogens with two attached hydrogens (primary N) is 1. The predicted molar refractivity (Wildman–Crippen MR) is 111 cm³/mol. The molecule has 0 spiro atoms. The van der Waals surface area contributed by atoms with Crippen LogP contribution in [-0.4, -0.2) is 45.1 Å². The molecule has 0 radical (unpaired) electrons. The van der Waals surface area contributed by atoms with Crippen molar-refractivity contribution in [1.82, 2.24) is 19.0 Å². The summed E-state index contributed by atoms with van der Waals surface area (Å²) in [6.07, 6.45) is 3.53. The lowest BCUT2D eigenvalue weighted by Crippen LogP contribution is -2.43. The van der Waals surface area contributed by atoms with Crippen LogP contribution in [-0.2, 0) is 18.3 Å². The SMILES string of the molecule is COc1cccc(CC(=O)N2CCC[C@H](n3c(=O)n(C)c4ncc(N)cc43)C2)c1. The van der Waals surface area contributed by atoms with E-state index in [0.29, 0.717) is 36.4 Å². The number of carbonyl (C=O) groups is 1. The molecular weight excluding hydrogens is 370 g/mol. The third kappa shape index (κ3) is 3.57. The van der Waals surface area contributed by atoms with Crippen molar-refractivity contribution in [2.75, 3.05) is 25.9 Å². The van der Waals surface area contributed by atoms with Gasteiger partial charge in [0.2, 0.25) is 5.91 Å². The van der Waals surface area contributed by atoms with Crippen molar-refractivity contribution in [3.8, 4) is 5.75 Å². The van der Waals surface area contributed by atoms with E-state index in [-0.39, 0.29) is 17.6 Å². The number of benzene rings is 1. The molecule has 1 aliphatic rings. The van der Waals surface area contributed by atoms with Gasteiger partial charge < -0.3 is 15.4 Å². The van der Waals surface area contributed by atoms with Gasteiger partial charge in [-0.1, -0.05) is 12.1 Å². The topological polar surface area (TPSA) is 95.4 Å². The number of nitrogens with zero attached hydrogens (tertiary/aromatic N) is 4. The van der Waals surface area contributed by atoms with Crippen molar-refractivity contribution < 1.29 is 9.53 Å². The number of anilines is 1. The maximum Gasteiger partial charge on any atom is 0.330 e. The van der Waals surface area contributed by atoms with Gasteiger partial charge in [-0.2, -0.15) is 0 Å². The van der Waals surface area contributed by atoms with E-state index in [4.69, 9.17) is 10.5 Å². The summed E-state index contributed by atoms with van der Waals surface area (Å²) in [6, 6.07) is 9.22. The standard InChI is InChI=1S/C21H25N5O3/c1-24-20-18(11-15(22)12-23-20)26(21(24)28)16-6-4-8-25(13-16)19(27)10-14-5-3-7-17(9-14)29-2/h3,5,7,9,11-12,16H,4,6,8,10,13,22H2,1-2H3/t16-/m0/s1. The molecule has 0 aliphatic carbocycles. The number of pyridine rings is 1. The highest BCUT2D eigenvalue weighted by molar-refractivity contribution is 5.79. The molecule has 29 heavy (non-hydrogen) atoms. The Morgan fingerprint density at radius 1 is 1.34 bits per heavy atom. The van der Waals surface area contributed by atoms with Gasteiger partial charge in [0.1, 0.15) is 5.75 Å². The second kappa shape index (κ2) is 7.62. The Morgan fingerprint density at radius 2 is 2.17 bits per heavy atom. The van der Waals surface area contributed by atoms with Crippen LogP contribution in [0.2, 0.25) is 0 Å². The minimum Gasteiger partial charge on any atom is -0.497 e. The molecule has 4 rings (SSSR count). The van der Waals surface area contributed by atoms with Crippen molar-refractivity contribution >= 4 is 22.8 Å². The summed E-state index contributed by atoms with van der Waals surface area (Å²) >= 11 is 0. The molecular formula is C21H25N5O3. The number of rotatable bonds is 4. The molecule has 1 saturated heterocycles. The van der Waals surface area contributed by atoms with Crippen LogP contribution in [0.15, 0.2) is 41.3 Å². The zero-order chi connectivity index (χ0) is 20.5. The summed E-state index contributed by atoms with van der Waals surface area (Å²) in [5.41, 5.74) is 8.51. The molecule has 1 aliphatic heterocycles. The Hall–Kier alpha value is -3.29. The van der Waals surface area contributed by atoms with E-state index >= 15 is 0 Å². The van der Waals surface area contributed by atoms with E-state index in [2.05, 4.69) is 4.98 Å². The number of aromatic nitrogens is 3. The van der Waals surface area contributed by atoms with Crippen molar-refractivity contribution in [3.05, 3.63) is 52.6 Å². The summed E-state index contributed by atoms with van der Waals surface area (Å²) in [4.78, 5) is 31.9. The summed E-state index contributed by atoms with van der Waals surface area (Å²) in [7, 11) is 3.32. The fraction of sp³-hybridized carbons (Fsp3) is 0.381. The number of hydrogen-bond donors (Lipinski definition) is 1. The fourth-order valence-electron chi connectivity index (χ4n) is 4.07. The number of amides is 1. The number of carbonyl (C=O) groups excluding carboxylic acids is 1. The number of likely N-dealkylation sites (tertiary alicyclic amines) is 1. The highest BCUT2D eigenvalue weighted by Gasteiger charge is 2.28. The van der Waals surface area contributed by atoms with Gasteiger partial charge in [-0.05, 0) is 36.6 Å². The highest BCUT2D eigenvalue weighted by atomic mass is 16.5. The first kappa shape index (κ1) is 19.0. The molecule has 3 heterocycles. The number of ether oxygens (including phenoxy) is 1. The van der Waals surface area contributed by atoms with Gasteiger partial charge in [0.15, 0.2) is 5.65 Å². The lowest BCUT2D eigenvalue weighted by Gasteiger charge is -2.33. The first-order valence-corrected chi connectivity index (χ1v) is 9.71. The third-order valence-electron chi connectivity index (χ3n) is 5.54. The van der Waals surface area contributed by atoms with Crippen LogP contribution in [0.5, 0.6) is 5.75 Å². The van der Waals surface area contributed by atoms with Crippen LogP contribution in [0.4, 0.5) is 5.69 Å². The van der Waals surface area contributed by atoms with E-state index in [9.17, 15) is 9.59 Å². The molecule has 1 aromatic carbocycles. The van der Waals surface area contributed by atoms with E-state index < -0.39 is 0 Å². The number of imidazole rings is 1. The van der Waals surface area contributed by atoms with Gasteiger partial charge in [-0.25, -0.2) is 9.78 Å². The molecule has 2 aromatic heterocycles. The molecule has 152 valence electrons. The van der Waals surface area contributed by atoms with E-state index in [1.165, 1.54) is 4.57 Å². The van der Waals surface area contributed by atoms with Gasteiger partial charge in [-0.15, -0.1) is 0 Å². The van der Waals surface area contributed by atoms with Crippen molar-refractivity contribution in [2.45, 2.75) is 25.3 Å². The number of piperidine rings is 1. The summed E-state index contributed by atoms with van der Waals surface area (Å²) < 4.78 is 8.51. The average Bonchev–Trinajstić information content (AvgIpc) is 2.97. The van der Waals surface area contributed by atoms with E-state index in [1.54, 1.807) is 31.0 Å². The molecule has 1 atom stereocenters. The summed E-state index contributed by atoms with van der Waals surface area (Å²) in [5, 5.41) is 0. The summed E-state index contributed by atoms with van der Waals surface area (Å²) in [6.45, 7) is 1.19. The first-order valence-electron chi connectivity index (χ1n) is 9.71. The van der Waals surface area contributed by atoms with Crippen molar-refractivity contribution in [2.24, 2.45) is 7.05 Å². The normalized spacial score (nSPS) is 16.9. The predicted octanol–water partition coefficient (Wildman–Crippen LogP) is 1.73. The number of aryl methyl sites for hydroxylation is 1. The van der Waals surface area contributed by atoms with E-state index in [1.807, 2.05) is 29.2 Å². The molecule has 3 aromatic rings.